The summed E-state index contributed by atoms with van der Waals surface area (Å²) in [7, 11) is 0. The lowest BCUT2D eigenvalue weighted by Gasteiger charge is -2.35. The highest BCUT2D eigenvalue weighted by Gasteiger charge is 2.35. The molecule has 66 valence electrons. The average molecular weight is 164 g/mol. The number of carbonyl (C=O) groups excluding carboxylic acids is 1. The quantitative estimate of drug-likeness (QED) is 0.503. The van der Waals surface area contributed by atoms with Gasteiger partial charge in [-0.1, -0.05) is 19.1 Å². The van der Waals surface area contributed by atoms with E-state index in [1.807, 2.05) is 0 Å². The van der Waals surface area contributed by atoms with Crippen LogP contribution in [0.15, 0.2) is 12.2 Å². The first kappa shape index (κ1) is 8.03. The van der Waals surface area contributed by atoms with Crippen LogP contribution in [0.5, 0.6) is 0 Å². The Kier molecular flexibility index (Phi) is 2.03. The fourth-order valence-electron chi connectivity index (χ4n) is 2.72. The zero-order chi connectivity index (χ0) is 8.55. The third-order valence-electron chi connectivity index (χ3n) is 3.32. The summed E-state index contributed by atoms with van der Waals surface area (Å²) in [4.78, 5) is 11.6. The molecule has 3 atom stereocenters. The fourth-order valence-corrected chi connectivity index (χ4v) is 2.72. The molecule has 0 saturated heterocycles. The van der Waals surface area contributed by atoms with Crippen molar-refractivity contribution in [1.29, 1.82) is 0 Å². The Morgan fingerprint density at radius 3 is 3.08 bits per heavy atom. The van der Waals surface area contributed by atoms with Crippen molar-refractivity contribution in [2.24, 2.45) is 17.8 Å². The van der Waals surface area contributed by atoms with Crippen LogP contribution in [0.4, 0.5) is 0 Å². The fraction of sp³-hybridized carbons (Fsp3) is 0.727. The van der Waals surface area contributed by atoms with Crippen LogP contribution in [0.25, 0.3) is 0 Å². The van der Waals surface area contributed by atoms with Gasteiger partial charge < -0.3 is 0 Å². The lowest BCUT2D eigenvalue weighted by Crippen LogP contribution is -2.34. The number of ketones is 1. The van der Waals surface area contributed by atoms with Gasteiger partial charge in [-0.05, 0) is 31.1 Å². The number of fused-ring (bicyclic) bond motifs is 1. The number of hydrogen-bond donors (Lipinski definition) is 0. The van der Waals surface area contributed by atoms with E-state index < -0.39 is 0 Å². The van der Waals surface area contributed by atoms with Gasteiger partial charge in [0, 0.05) is 12.3 Å². The molecule has 0 heterocycles. The SMILES string of the molecule is CC1C=CCC2CCCC(=O)C12. The van der Waals surface area contributed by atoms with E-state index in [1.54, 1.807) is 0 Å². The predicted octanol–water partition coefficient (Wildman–Crippen LogP) is 2.57. The summed E-state index contributed by atoms with van der Waals surface area (Å²) in [6.07, 6.45) is 8.83. The summed E-state index contributed by atoms with van der Waals surface area (Å²) in [5.74, 6) is 2.05. The molecule has 0 N–H and O–H groups in total. The van der Waals surface area contributed by atoms with Crippen molar-refractivity contribution in [2.45, 2.75) is 32.6 Å². The number of Topliss-reactive ketones (excluding diaryl/α,β-unsaturated/α-hetero) is 1. The lowest BCUT2D eigenvalue weighted by molar-refractivity contribution is -0.128. The van der Waals surface area contributed by atoms with Crippen molar-refractivity contribution in [1.82, 2.24) is 0 Å². The molecule has 1 fully saturated rings. The summed E-state index contributed by atoms with van der Waals surface area (Å²) >= 11 is 0. The molecule has 3 unspecified atom stereocenters. The van der Waals surface area contributed by atoms with Gasteiger partial charge in [0.1, 0.15) is 5.78 Å². The standard InChI is InChI=1S/C11H16O/c1-8-4-2-5-9-6-3-7-10(12)11(8)9/h2,4,8-9,11H,3,5-7H2,1H3. The molecule has 1 heteroatoms. The number of hydrogen-bond acceptors (Lipinski definition) is 1. The molecule has 0 radical (unpaired) electrons. The molecule has 0 aromatic carbocycles. The van der Waals surface area contributed by atoms with Gasteiger partial charge in [0.2, 0.25) is 0 Å². The molecular weight excluding hydrogens is 148 g/mol. The minimum absolute atomic E-state index is 0.365. The minimum Gasteiger partial charge on any atom is -0.299 e. The van der Waals surface area contributed by atoms with E-state index >= 15 is 0 Å². The van der Waals surface area contributed by atoms with Crippen LogP contribution in [0, 0.1) is 17.8 Å². The van der Waals surface area contributed by atoms with Gasteiger partial charge in [-0.25, -0.2) is 0 Å². The summed E-state index contributed by atoms with van der Waals surface area (Å²) in [6.45, 7) is 2.18. The molecule has 0 amide bonds. The first-order chi connectivity index (χ1) is 5.79. The van der Waals surface area contributed by atoms with Crippen LogP contribution in [0.2, 0.25) is 0 Å². The molecule has 2 rings (SSSR count). The van der Waals surface area contributed by atoms with Crippen molar-refractivity contribution in [3.8, 4) is 0 Å². The van der Waals surface area contributed by atoms with E-state index in [9.17, 15) is 4.79 Å². The van der Waals surface area contributed by atoms with E-state index in [2.05, 4.69) is 19.1 Å². The molecule has 2 aliphatic carbocycles. The van der Waals surface area contributed by atoms with Crippen molar-refractivity contribution in [2.75, 3.05) is 0 Å². The Morgan fingerprint density at radius 2 is 2.33 bits per heavy atom. The van der Waals surface area contributed by atoms with Crippen molar-refractivity contribution in [3.05, 3.63) is 12.2 Å². The van der Waals surface area contributed by atoms with Gasteiger partial charge >= 0.3 is 0 Å². The maximum absolute atomic E-state index is 11.6. The first-order valence-corrected chi connectivity index (χ1v) is 4.98. The molecule has 1 nitrogen and oxygen atoms in total. The maximum atomic E-state index is 11.6. The highest BCUT2D eigenvalue weighted by molar-refractivity contribution is 5.82. The summed E-state index contributed by atoms with van der Waals surface area (Å²) in [5.41, 5.74) is 0. The number of allylic oxidation sites excluding steroid dienone is 2. The Balaban J connectivity index is 2.20. The minimum atomic E-state index is 0.365. The zero-order valence-electron chi connectivity index (χ0n) is 7.62. The van der Waals surface area contributed by atoms with Crippen LogP contribution in [0.3, 0.4) is 0 Å². The molecule has 0 aliphatic heterocycles. The van der Waals surface area contributed by atoms with Crippen LogP contribution in [-0.2, 0) is 4.79 Å². The maximum Gasteiger partial charge on any atom is 0.136 e. The van der Waals surface area contributed by atoms with Crippen LogP contribution >= 0.6 is 0 Å². The summed E-state index contributed by atoms with van der Waals surface area (Å²) < 4.78 is 0. The second kappa shape index (κ2) is 3.04. The van der Waals surface area contributed by atoms with Gasteiger partial charge in [-0.3, -0.25) is 4.79 Å². The Hall–Kier alpha value is -0.590. The van der Waals surface area contributed by atoms with Crippen molar-refractivity contribution < 1.29 is 4.79 Å². The van der Waals surface area contributed by atoms with E-state index in [0.717, 1.165) is 19.3 Å². The van der Waals surface area contributed by atoms with Crippen LogP contribution in [-0.4, -0.2) is 5.78 Å². The van der Waals surface area contributed by atoms with Crippen molar-refractivity contribution in [3.63, 3.8) is 0 Å². The van der Waals surface area contributed by atoms with Gasteiger partial charge in [-0.2, -0.15) is 0 Å². The predicted molar refractivity (Wildman–Crippen MR) is 48.8 cm³/mol. The van der Waals surface area contributed by atoms with Gasteiger partial charge in [0.15, 0.2) is 0 Å². The highest BCUT2D eigenvalue weighted by Crippen LogP contribution is 2.38. The van der Waals surface area contributed by atoms with Crippen molar-refractivity contribution >= 4 is 5.78 Å². The normalized spacial score (nSPS) is 41.1. The molecule has 0 aromatic heterocycles. The molecule has 0 spiro atoms. The molecule has 0 bridgehead atoms. The second-order valence-electron chi connectivity index (χ2n) is 4.17. The molecule has 12 heavy (non-hydrogen) atoms. The molecule has 0 aromatic rings. The third-order valence-corrected chi connectivity index (χ3v) is 3.32. The largest absolute Gasteiger partial charge is 0.299 e. The molecule has 2 aliphatic rings. The summed E-state index contributed by atoms with van der Waals surface area (Å²) in [5, 5.41) is 0. The molecular formula is C11H16O. The van der Waals surface area contributed by atoms with Gasteiger partial charge in [-0.15, -0.1) is 0 Å². The number of carbonyl (C=O) groups is 1. The van der Waals surface area contributed by atoms with E-state index in [0.29, 0.717) is 23.5 Å². The topological polar surface area (TPSA) is 17.1 Å². The Morgan fingerprint density at radius 1 is 1.50 bits per heavy atom. The van der Waals surface area contributed by atoms with E-state index in [-0.39, 0.29) is 0 Å². The van der Waals surface area contributed by atoms with E-state index in [4.69, 9.17) is 0 Å². The second-order valence-corrected chi connectivity index (χ2v) is 4.17. The van der Waals surface area contributed by atoms with Crippen LogP contribution in [0.1, 0.15) is 32.6 Å². The van der Waals surface area contributed by atoms with Gasteiger partial charge in [0.05, 0.1) is 0 Å². The Labute approximate surface area is 73.8 Å². The molecule has 1 saturated carbocycles. The monoisotopic (exact) mass is 164 g/mol. The van der Waals surface area contributed by atoms with Gasteiger partial charge in [0.25, 0.3) is 0 Å². The third kappa shape index (κ3) is 1.21. The lowest BCUT2D eigenvalue weighted by atomic mass is 9.68. The highest BCUT2D eigenvalue weighted by atomic mass is 16.1. The first-order valence-electron chi connectivity index (χ1n) is 4.98. The Bertz CT molecular complexity index is 217. The number of rotatable bonds is 0. The zero-order valence-corrected chi connectivity index (χ0v) is 7.62. The summed E-state index contributed by atoms with van der Waals surface area (Å²) in [6, 6.07) is 0. The smallest absolute Gasteiger partial charge is 0.136 e. The van der Waals surface area contributed by atoms with Crippen LogP contribution < -0.4 is 0 Å². The van der Waals surface area contributed by atoms with E-state index in [1.165, 1.54) is 6.42 Å². The average Bonchev–Trinajstić information content (AvgIpc) is 2.04.